The number of ether oxygens (including phenoxy) is 4. The lowest BCUT2D eigenvalue weighted by atomic mass is 10.2. The zero-order valence-electron chi connectivity index (χ0n) is 10.8. The summed E-state index contributed by atoms with van der Waals surface area (Å²) in [6.45, 7) is 12.5. The van der Waals surface area contributed by atoms with Crippen molar-refractivity contribution in [3.05, 3.63) is 0 Å². The highest BCUT2D eigenvalue weighted by Crippen LogP contribution is 2.07. The summed E-state index contributed by atoms with van der Waals surface area (Å²) < 4.78 is 20.9. The lowest BCUT2D eigenvalue weighted by molar-refractivity contribution is -0.206. The minimum atomic E-state index is -0.179. The standard InChI is InChI=1S/C11H24O4/c1-10(2,3)14-8-12-7-13-9-15-11(4,5)6/h7-9H2,1-6H3. The van der Waals surface area contributed by atoms with Crippen LogP contribution in [0.15, 0.2) is 0 Å². The second-order valence-corrected chi connectivity index (χ2v) is 5.28. The summed E-state index contributed by atoms with van der Waals surface area (Å²) in [7, 11) is 0. The molecular weight excluding hydrogens is 196 g/mol. The highest BCUT2D eigenvalue weighted by atomic mass is 16.8. The molecule has 0 N–H and O–H groups in total. The molecule has 0 bridgehead atoms. The van der Waals surface area contributed by atoms with Crippen LogP contribution in [0.5, 0.6) is 0 Å². The van der Waals surface area contributed by atoms with Crippen molar-refractivity contribution in [3.63, 3.8) is 0 Å². The first-order valence-corrected chi connectivity index (χ1v) is 5.14. The molecular formula is C11H24O4. The quantitative estimate of drug-likeness (QED) is 0.509. The molecule has 15 heavy (non-hydrogen) atoms. The van der Waals surface area contributed by atoms with E-state index in [4.69, 9.17) is 18.9 Å². The second-order valence-electron chi connectivity index (χ2n) is 5.28. The molecule has 0 spiro atoms. The van der Waals surface area contributed by atoms with Crippen molar-refractivity contribution >= 4 is 0 Å². The van der Waals surface area contributed by atoms with Crippen molar-refractivity contribution in [2.75, 3.05) is 20.4 Å². The molecule has 0 saturated heterocycles. The van der Waals surface area contributed by atoms with Gasteiger partial charge in [0.15, 0.2) is 6.79 Å². The molecule has 0 aliphatic rings. The predicted molar refractivity (Wildman–Crippen MR) is 58.4 cm³/mol. The summed E-state index contributed by atoms with van der Waals surface area (Å²) in [6.07, 6.45) is 0. The Morgan fingerprint density at radius 3 is 1.20 bits per heavy atom. The maximum atomic E-state index is 5.33. The average Bonchev–Trinajstić information content (AvgIpc) is 1.98. The van der Waals surface area contributed by atoms with Gasteiger partial charge in [-0.05, 0) is 41.5 Å². The Morgan fingerprint density at radius 2 is 0.933 bits per heavy atom. The van der Waals surface area contributed by atoms with Crippen molar-refractivity contribution in [1.29, 1.82) is 0 Å². The zero-order chi connectivity index (χ0) is 11.9. The van der Waals surface area contributed by atoms with Crippen LogP contribution in [-0.4, -0.2) is 31.6 Å². The van der Waals surface area contributed by atoms with Gasteiger partial charge in [0.2, 0.25) is 0 Å². The molecule has 0 rings (SSSR count). The van der Waals surface area contributed by atoms with E-state index in [-0.39, 0.29) is 31.6 Å². The van der Waals surface area contributed by atoms with Crippen LogP contribution in [0.25, 0.3) is 0 Å². The molecule has 92 valence electrons. The van der Waals surface area contributed by atoms with Gasteiger partial charge in [0.25, 0.3) is 0 Å². The summed E-state index contributed by atoms with van der Waals surface area (Å²) in [4.78, 5) is 0. The summed E-state index contributed by atoms with van der Waals surface area (Å²) in [5, 5.41) is 0. The van der Waals surface area contributed by atoms with E-state index in [1.54, 1.807) is 0 Å². The van der Waals surface area contributed by atoms with Crippen LogP contribution in [-0.2, 0) is 18.9 Å². The summed E-state index contributed by atoms with van der Waals surface area (Å²) in [5.74, 6) is 0. The van der Waals surface area contributed by atoms with Crippen molar-refractivity contribution in [3.8, 4) is 0 Å². The van der Waals surface area contributed by atoms with Crippen molar-refractivity contribution in [2.45, 2.75) is 52.7 Å². The maximum absolute atomic E-state index is 5.33. The minimum Gasteiger partial charge on any atom is -0.350 e. The van der Waals surface area contributed by atoms with Gasteiger partial charge in [0.1, 0.15) is 13.6 Å². The topological polar surface area (TPSA) is 36.9 Å². The number of hydrogen-bond donors (Lipinski definition) is 0. The molecule has 0 saturated carbocycles. The van der Waals surface area contributed by atoms with E-state index in [2.05, 4.69) is 0 Å². The van der Waals surface area contributed by atoms with Crippen molar-refractivity contribution in [1.82, 2.24) is 0 Å². The van der Waals surface area contributed by atoms with E-state index in [1.807, 2.05) is 41.5 Å². The Bertz CT molecular complexity index is 137. The molecule has 0 aromatic carbocycles. The fourth-order valence-corrected chi connectivity index (χ4v) is 0.564. The molecule has 0 unspecified atom stereocenters. The molecule has 0 radical (unpaired) electrons. The summed E-state index contributed by atoms with van der Waals surface area (Å²) in [5.41, 5.74) is -0.357. The molecule has 0 aliphatic carbocycles. The monoisotopic (exact) mass is 220 g/mol. The van der Waals surface area contributed by atoms with Crippen LogP contribution in [0.4, 0.5) is 0 Å². The first-order chi connectivity index (χ1) is 6.71. The van der Waals surface area contributed by atoms with Gasteiger partial charge < -0.3 is 18.9 Å². The normalized spacial score (nSPS) is 13.2. The zero-order valence-corrected chi connectivity index (χ0v) is 10.8. The maximum Gasteiger partial charge on any atom is 0.152 e. The first kappa shape index (κ1) is 14.8. The van der Waals surface area contributed by atoms with E-state index in [0.29, 0.717) is 0 Å². The van der Waals surface area contributed by atoms with Gasteiger partial charge in [-0.25, -0.2) is 0 Å². The largest absolute Gasteiger partial charge is 0.350 e. The van der Waals surface area contributed by atoms with Crippen LogP contribution < -0.4 is 0 Å². The Balaban J connectivity index is 3.20. The minimum absolute atomic E-state index is 0.179. The van der Waals surface area contributed by atoms with Gasteiger partial charge in [-0.2, -0.15) is 0 Å². The molecule has 0 heterocycles. The van der Waals surface area contributed by atoms with Gasteiger partial charge >= 0.3 is 0 Å². The SMILES string of the molecule is CC(C)(C)OCOCOCOC(C)(C)C. The molecule has 0 aromatic heterocycles. The molecule has 4 heteroatoms. The van der Waals surface area contributed by atoms with Crippen LogP contribution >= 0.6 is 0 Å². The lowest BCUT2D eigenvalue weighted by Crippen LogP contribution is -2.23. The molecule has 0 atom stereocenters. The molecule has 0 aromatic rings. The first-order valence-electron chi connectivity index (χ1n) is 5.14. The molecule has 0 amide bonds. The van der Waals surface area contributed by atoms with Gasteiger partial charge in [-0.1, -0.05) is 0 Å². The van der Waals surface area contributed by atoms with Crippen LogP contribution in [0, 0.1) is 0 Å². The molecule has 0 fully saturated rings. The number of hydrogen-bond acceptors (Lipinski definition) is 4. The van der Waals surface area contributed by atoms with E-state index < -0.39 is 0 Å². The summed E-state index contributed by atoms with van der Waals surface area (Å²) in [6, 6.07) is 0. The van der Waals surface area contributed by atoms with Gasteiger partial charge in [-0.3, -0.25) is 0 Å². The van der Waals surface area contributed by atoms with E-state index in [1.165, 1.54) is 0 Å². The van der Waals surface area contributed by atoms with Gasteiger partial charge in [-0.15, -0.1) is 0 Å². The fourth-order valence-electron chi connectivity index (χ4n) is 0.564. The highest BCUT2D eigenvalue weighted by molar-refractivity contribution is 4.56. The Kier molecular flexibility index (Phi) is 6.36. The summed E-state index contributed by atoms with van der Waals surface area (Å²) >= 11 is 0. The van der Waals surface area contributed by atoms with Crippen LogP contribution in [0.2, 0.25) is 0 Å². The van der Waals surface area contributed by atoms with Gasteiger partial charge in [0.05, 0.1) is 11.2 Å². The molecule has 4 nitrogen and oxygen atoms in total. The van der Waals surface area contributed by atoms with Gasteiger partial charge in [0, 0.05) is 0 Å². The van der Waals surface area contributed by atoms with E-state index in [0.717, 1.165) is 0 Å². The average molecular weight is 220 g/mol. The highest BCUT2D eigenvalue weighted by Gasteiger charge is 2.10. The Labute approximate surface area is 92.8 Å². The van der Waals surface area contributed by atoms with E-state index in [9.17, 15) is 0 Å². The third kappa shape index (κ3) is 13.8. The lowest BCUT2D eigenvalue weighted by Gasteiger charge is -2.20. The van der Waals surface area contributed by atoms with Crippen molar-refractivity contribution in [2.24, 2.45) is 0 Å². The second kappa shape index (κ2) is 6.43. The predicted octanol–water partition coefficient (Wildman–Crippen LogP) is 2.52. The van der Waals surface area contributed by atoms with E-state index >= 15 is 0 Å². The smallest absolute Gasteiger partial charge is 0.152 e. The fraction of sp³-hybridized carbons (Fsp3) is 1.00. The van der Waals surface area contributed by atoms with Crippen LogP contribution in [0.1, 0.15) is 41.5 Å². The third-order valence-corrected chi connectivity index (χ3v) is 1.32. The Morgan fingerprint density at radius 1 is 0.600 bits per heavy atom. The Hall–Kier alpha value is -0.160. The van der Waals surface area contributed by atoms with Crippen molar-refractivity contribution < 1.29 is 18.9 Å². The molecule has 0 aliphatic heterocycles. The number of rotatable bonds is 6. The van der Waals surface area contributed by atoms with Crippen LogP contribution in [0.3, 0.4) is 0 Å². The third-order valence-electron chi connectivity index (χ3n) is 1.32.